The van der Waals surface area contributed by atoms with Crippen LogP contribution >= 0.6 is 0 Å². The van der Waals surface area contributed by atoms with Gasteiger partial charge < -0.3 is 4.90 Å². The second-order valence-corrected chi connectivity index (χ2v) is 3.67. The number of nitrogens with zero attached hydrogens (tertiary/aromatic N) is 3. The van der Waals surface area contributed by atoms with Gasteiger partial charge in [0.1, 0.15) is 6.33 Å². The van der Waals surface area contributed by atoms with Crippen LogP contribution in [0.5, 0.6) is 0 Å². The molecule has 1 aliphatic rings. The number of amides is 1. The van der Waals surface area contributed by atoms with E-state index in [4.69, 9.17) is 0 Å². The third-order valence-corrected chi connectivity index (χ3v) is 2.75. The maximum atomic E-state index is 12.1. The summed E-state index contributed by atoms with van der Waals surface area (Å²) in [5, 5.41) is 6.28. The Morgan fingerprint density at radius 1 is 1.38 bits per heavy atom. The van der Waals surface area contributed by atoms with Crippen molar-refractivity contribution in [2.45, 2.75) is 6.42 Å². The average Bonchev–Trinajstić information content (AvgIpc) is 2.98. The van der Waals surface area contributed by atoms with E-state index in [1.54, 1.807) is 4.90 Å². The first-order valence-corrected chi connectivity index (χ1v) is 5.11. The fourth-order valence-electron chi connectivity index (χ4n) is 1.99. The molecule has 1 amide bonds. The van der Waals surface area contributed by atoms with Gasteiger partial charge in [-0.2, -0.15) is 5.10 Å². The van der Waals surface area contributed by atoms with Gasteiger partial charge in [-0.1, -0.05) is 18.2 Å². The fourth-order valence-corrected chi connectivity index (χ4v) is 1.99. The molecule has 0 spiro atoms. The van der Waals surface area contributed by atoms with Gasteiger partial charge in [0, 0.05) is 12.2 Å². The summed E-state index contributed by atoms with van der Waals surface area (Å²) in [4.78, 5) is 17.7. The van der Waals surface area contributed by atoms with Crippen LogP contribution in [0.3, 0.4) is 0 Å². The van der Waals surface area contributed by atoms with Crippen molar-refractivity contribution in [3.63, 3.8) is 0 Å². The molecule has 3 rings (SSSR count). The van der Waals surface area contributed by atoms with E-state index in [9.17, 15) is 4.79 Å². The average molecular weight is 214 g/mol. The van der Waals surface area contributed by atoms with E-state index in [0.29, 0.717) is 6.54 Å². The summed E-state index contributed by atoms with van der Waals surface area (Å²) < 4.78 is 0. The molecule has 0 saturated heterocycles. The minimum absolute atomic E-state index is 0.123. The molecule has 2 heterocycles. The van der Waals surface area contributed by atoms with E-state index in [2.05, 4.69) is 15.2 Å². The molecule has 1 aromatic carbocycles. The number of aromatic amines is 1. The summed E-state index contributed by atoms with van der Waals surface area (Å²) >= 11 is 0. The van der Waals surface area contributed by atoms with Crippen LogP contribution in [0, 0.1) is 0 Å². The highest BCUT2D eigenvalue weighted by Crippen LogP contribution is 2.28. The lowest BCUT2D eigenvalue weighted by atomic mass is 10.2. The third-order valence-electron chi connectivity index (χ3n) is 2.75. The molecule has 1 aromatic heterocycles. The van der Waals surface area contributed by atoms with Crippen molar-refractivity contribution >= 4 is 11.6 Å². The first-order chi connectivity index (χ1) is 7.86. The Morgan fingerprint density at radius 2 is 2.25 bits per heavy atom. The second-order valence-electron chi connectivity index (χ2n) is 3.67. The molecule has 0 radical (unpaired) electrons. The number of aromatic nitrogens is 3. The van der Waals surface area contributed by atoms with Crippen LogP contribution in [-0.4, -0.2) is 27.6 Å². The summed E-state index contributed by atoms with van der Waals surface area (Å²) in [7, 11) is 0. The van der Waals surface area contributed by atoms with Crippen molar-refractivity contribution in [2.75, 3.05) is 11.4 Å². The molecule has 0 saturated carbocycles. The van der Waals surface area contributed by atoms with Crippen molar-refractivity contribution in [3.05, 3.63) is 42.0 Å². The molecule has 0 fully saturated rings. The monoisotopic (exact) mass is 214 g/mol. The number of benzene rings is 1. The summed E-state index contributed by atoms with van der Waals surface area (Å²) in [5.41, 5.74) is 2.18. The Morgan fingerprint density at radius 3 is 3.06 bits per heavy atom. The highest BCUT2D eigenvalue weighted by molar-refractivity contribution is 6.04. The summed E-state index contributed by atoms with van der Waals surface area (Å²) in [6.45, 7) is 0.707. The van der Waals surface area contributed by atoms with Crippen molar-refractivity contribution in [3.8, 4) is 0 Å². The highest BCUT2D eigenvalue weighted by Gasteiger charge is 2.26. The normalized spacial score (nSPS) is 13.9. The van der Waals surface area contributed by atoms with Gasteiger partial charge >= 0.3 is 0 Å². The quantitative estimate of drug-likeness (QED) is 0.770. The number of H-pyrrole nitrogens is 1. The number of hydrogen-bond donors (Lipinski definition) is 1. The third kappa shape index (κ3) is 1.29. The van der Waals surface area contributed by atoms with E-state index in [-0.39, 0.29) is 11.7 Å². The standard InChI is InChI=1S/C11H10N4O/c16-11(10-12-7-13-14-10)15-6-5-8-3-1-2-4-9(8)15/h1-4,7H,5-6H2,(H,12,13,14). The van der Waals surface area contributed by atoms with Crippen molar-refractivity contribution in [1.29, 1.82) is 0 Å². The molecule has 2 aromatic rings. The van der Waals surface area contributed by atoms with Crippen molar-refractivity contribution in [1.82, 2.24) is 15.2 Å². The van der Waals surface area contributed by atoms with Crippen molar-refractivity contribution < 1.29 is 4.79 Å². The number of rotatable bonds is 1. The fraction of sp³-hybridized carbons (Fsp3) is 0.182. The molecule has 5 heteroatoms. The van der Waals surface area contributed by atoms with Gasteiger partial charge in [0.05, 0.1) is 0 Å². The van der Waals surface area contributed by atoms with E-state index < -0.39 is 0 Å². The highest BCUT2D eigenvalue weighted by atomic mass is 16.2. The Labute approximate surface area is 92.1 Å². The van der Waals surface area contributed by atoms with Crippen LogP contribution in [0.2, 0.25) is 0 Å². The van der Waals surface area contributed by atoms with Crippen molar-refractivity contribution in [2.24, 2.45) is 0 Å². The predicted molar refractivity (Wildman–Crippen MR) is 58.2 cm³/mol. The number of nitrogens with one attached hydrogen (secondary N) is 1. The van der Waals surface area contributed by atoms with Gasteiger partial charge in [-0.3, -0.25) is 9.89 Å². The summed E-state index contributed by atoms with van der Waals surface area (Å²) in [5.74, 6) is 0.166. The molecule has 1 aliphatic heterocycles. The van der Waals surface area contributed by atoms with Gasteiger partial charge in [0.25, 0.3) is 5.91 Å². The lowest BCUT2D eigenvalue weighted by molar-refractivity contribution is 0.0980. The Hall–Kier alpha value is -2.17. The van der Waals surface area contributed by atoms with E-state index >= 15 is 0 Å². The molecular weight excluding hydrogens is 204 g/mol. The lowest BCUT2D eigenvalue weighted by Gasteiger charge is -2.15. The SMILES string of the molecule is O=C(c1ncn[nH]1)N1CCc2ccccc21. The van der Waals surface area contributed by atoms with Crippen LogP contribution in [0.1, 0.15) is 16.2 Å². The van der Waals surface area contributed by atoms with Gasteiger partial charge in [-0.25, -0.2) is 4.98 Å². The lowest BCUT2D eigenvalue weighted by Crippen LogP contribution is -2.29. The van der Waals surface area contributed by atoms with E-state index in [0.717, 1.165) is 12.1 Å². The summed E-state index contributed by atoms with van der Waals surface area (Å²) in [6.07, 6.45) is 2.24. The Kier molecular flexibility index (Phi) is 1.96. The maximum Gasteiger partial charge on any atom is 0.295 e. The van der Waals surface area contributed by atoms with Gasteiger partial charge in [0.15, 0.2) is 0 Å². The minimum atomic E-state index is -0.123. The maximum absolute atomic E-state index is 12.1. The van der Waals surface area contributed by atoms with Crippen LogP contribution < -0.4 is 4.90 Å². The molecule has 0 atom stereocenters. The van der Waals surface area contributed by atoms with Crippen LogP contribution in [-0.2, 0) is 6.42 Å². The molecule has 80 valence electrons. The van der Waals surface area contributed by atoms with E-state index in [1.807, 2.05) is 24.3 Å². The first-order valence-electron chi connectivity index (χ1n) is 5.11. The molecule has 0 aliphatic carbocycles. The number of para-hydroxylation sites is 1. The van der Waals surface area contributed by atoms with Crippen LogP contribution in [0.4, 0.5) is 5.69 Å². The predicted octanol–water partition coefficient (Wildman–Crippen LogP) is 1.01. The first kappa shape index (κ1) is 9.08. The number of carbonyl (C=O) groups is 1. The van der Waals surface area contributed by atoms with Crippen LogP contribution in [0.25, 0.3) is 0 Å². The number of carbonyl (C=O) groups excluding carboxylic acids is 1. The Bertz CT molecular complexity index is 521. The smallest absolute Gasteiger partial charge is 0.295 e. The largest absolute Gasteiger partial charge is 0.305 e. The molecule has 0 unspecified atom stereocenters. The molecule has 5 nitrogen and oxygen atoms in total. The molecule has 16 heavy (non-hydrogen) atoms. The number of anilines is 1. The summed E-state index contributed by atoms with van der Waals surface area (Å²) in [6, 6.07) is 7.92. The van der Waals surface area contributed by atoms with Gasteiger partial charge in [-0.15, -0.1) is 0 Å². The topological polar surface area (TPSA) is 61.9 Å². The van der Waals surface area contributed by atoms with Gasteiger partial charge in [-0.05, 0) is 18.1 Å². The molecular formula is C11H10N4O. The minimum Gasteiger partial charge on any atom is -0.305 e. The zero-order chi connectivity index (χ0) is 11.0. The zero-order valence-corrected chi connectivity index (χ0v) is 8.55. The Balaban J connectivity index is 1.96. The number of hydrogen-bond acceptors (Lipinski definition) is 3. The second kappa shape index (κ2) is 3.44. The van der Waals surface area contributed by atoms with E-state index in [1.165, 1.54) is 11.9 Å². The molecule has 1 N–H and O–H groups in total. The molecule has 0 bridgehead atoms. The van der Waals surface area contributed by atoms with Crippen LogP contribution in [0.15, 0.2) is 30.6 Å². The number of fused-ring (bicyclic) bond motifs is 1. The van der Waals surface area contributed by atoms with Gasteiger partial charge in [0.2, 0.25) is 5.82 Å². The zero-order valence-electron chi connectivity index (χ0n) is 8.55.